The molecule has 1 N–H and O–H groups in total. The van der Waals surface area contributed by atoms with Crippen LogP contribution in [0.5, 0.6) is 11.5 Å². The summed E-state index contributed by atoms with van der Waals surface area (Å²) in [7, 11) is 1.50. The SMILES string of the molecule is COc1cc(/C=C(/C#N)C(=O)Nc2ccccc2)cc(Br)c1OCc1ccc(Cl)cc1Cl. The van der Waals surface area contributed by atoms with Gasteiger partial charge in [0.05, 0.1) is 11.6 Å². The number of rotatable bonds is 7. The van der Waals surface area contributed by atoms with Crippen molar-refractivity contribution in [2.45, 2.75) is 6.61 Å². The van der Waals surface area contributed by atoms with Crippen LogP contribution in [-0.2, 0) is 11.4 Å². The van der Waals surface area contributed by atoms with Crippen LogP contribution in [0.2, 0.25) is 10.0 Å². The standard InChI is InChI=1S/C24H17BrCl2N2O3/c1-31-22-11-15(9-17(13-28)24(30)29-19-5-3-2-4-6-19)10-20(25)23(22)32-14-16-7-8-18(26)12-21(16)27/h2-12H,14H2,1H3,(H,29,30)/b17-9-. The van der Waals surface area contributed by atoms with Gasteiger partial charge in [0.1, 0.15) is 18.2 Å². The van der Waals surface area contributed by atoms with Crippen molar-refractivity contribution in [3.63, 3.8) is 0 Å². The Morgan fingerprint density at radius 1 is 1.16 bits per heavy atom. The maximum Gasteiger partial charge on any atom is 0.266 e. The minimum atomic E-state index is -0.508. The molecule has 0 aliphatic carbocycles. The van der Waals surface area contributed by atoms with Crippen LogP contribution in [-0.4, -0.2) is 13.0 Å². The lowest BCUT2D eigenvalue weighted by Crippen LogP contribution is -2.13. The van der Waals surface area contributed by atoms with Gasteiger partial charge in [-0.3, -0.25) is 4.79 Å². The zero-order valence-electron chi connectivity index (χ0n) is 16.9. The molecule has 3 rings (SSSR count). The zero-order chi connectivity index (χ0) is 23.1. The Kier molecular flexibility index (Phi) is 8.18. The number of amides is 1. The molecule has 0 aliphatic heterocycles. The molecule has 8 heteroatoms. The molecule has 3 aromatic rings. The predicted octanol–water partition coefficient (Wildman–Crippen LogP) is 6.89. The molecule has 0 heterocycles. The first-order chi connectivity index (χ1) is 15.4. The highest BCUT2D eigenvalue weighted by Gasteiger charge is 2.15. The van der Waals surface area contributed by atoms with E-state index in [1.807, 2.05) is 12.1 Å². The van der Waals surface area contributed by atoms with Gasteiger partial charge in [-0.05, 0) is 64.0 Å². The summed E-state index contributed by atoms with van der Waals surface area (Å²) >= 11 is 15.6. The van der Waals surface area contributed by atoms with Crippen LogP contribution in [0.25, 0.3) is 6.08 Å². The molecule has 162 valence electrons. The number of nitriles is 1. The highest BCUT2D eigenvalue weighted by Crippen LogP contribution is 2.38. The second-order valence-corrected chi connectivity index (χ2v) is 8.25. The molecule has 0 aromatic heterocycles. The lowest BCUT2D eigenvalue weighted by atomic mass is 10.1. The van der Waals surface area contributed by atoms with Gasteiger partial charge in [-0.25, -0.2) is 0 Å². The van der Waals surface area contributed by atoms with Crippen LogP contribution in [0.4, 0.5) is 5.69 Å². The minimum Gasteiger partial charge on any atom is -0.493 e. The number of ether oxygens (including phenoxy) is 2. The molecule has 0 spiro atoms. The third-order valence-corrected chi connectivity index (χ3v) is 5.52. The molecule has 0 fully saturated rings. The van der Waals surface area contributed by atoms with E-state index in [0.29, 0.717) is 37.3 Å². The Hall–Kier alpha value is -2.98. The van der Waals surface area contributed by atoms with Crippen molar-refractivity contribution in [1.82, 2.24) is 0 Å². The monoisotopic (exact) mass is 530 g/mol. The smallest absolute Gasteiger partial charge is 0.266 e. The molecular weight excluding hydrogens is 515 g/mol. The van der Waals surface area contributed by atoms with Gasteiger partial charge < -0.3 is 14.8 Å². The van der Waals surface area contributed by atoms with Crippen molar-refractivity contribution in [3.8, 4) is 17.6 Å². The second kappa shape index (κ2) is 11.1. The van der Waals surface area contributed by atoms with Crippen LogP contribution in [0.1, 0.15) is 11.1 Å². The number of carbonyl (C=O) groups is 1. The Bertz CT molecular complexity index is 1210. The van der Waals surface area contributed by atoms with Crippen molar-refractivity contribution in [2.24, 2.45) is 0 Å². The summed E-state index contributed by atoms with van der Waals surface area (Å²) in [4.78, 5) is 12.5. The molecule has 0 saturated carbocycles. The van der Waals surface area contributed by atoms with Gasteiger partial charge in [-0.1, -0.05) is 47.5 Å². The van der Waals surface area contributed by atoms with Crippen LogP contribution in [0.3, 0.4) is 0 Å². The van der Waals surface area contributed by atoms with E-state index in [9.17, 15) is 10.1 Å². The molecule has 32 heavy (non-hydrogen) atoms. The maximum absolute atomic E-state index is 12.5. The van der Waals surface area contributed by atoms with Gasteiger partial charge in [-0.2, -0.15) is 5.26 Å². The first kappa shape index (κ1) is 23.7. The average Bonchev–Trinajstić information content (AvgIpc) is 2.78. The van der Waals surface area contributed by atoms with Gasteiger partial charge in [0.25, 0.3) is 5.91 Å². The summed E-state index contributed by atoms with van der Waals surface area (Å²) < 4.78 is 12.0. The van der Waals surface area contributed by atoms with E-state index in [2.05, 4.69) is 21.2 Å². The van der Waals surface area contributed by atoms with Gasteiger partial charge >= 0.3 is 0 Å². The van der Waals surface area contributed by atoms with Crippen LogP contribution in [0, 0.1) is 11.3 Å². The summed E-state index contributed by atoms with van der Waals surface area (Å²) in [5.74, 6) is 0.380. The Morgan fingerprint density at radius 2 is 1.91 bits per heavy atom. The molecule has 0 radical (unpaired) electrons. The Morgan fingerprint density at radius 3 is 2.56 bits per heavy atom. The van der Waals surface area contributed by atoms with E-state index in [1.165, 1.54) is 13.2 Å². The summed E-state index contributed by atoms with van der Waals surface area (Å²) in [5.41, 5.74) is 1.90. The molecule has 0 bridgehead atoms. The quantitative estimate of drug-likeness (QED) is 0.266. The fourth-order valence-electron chi connectivity index (χ4n) is 2.79. The van der Waals surface area contributed by atoms with Crippen molar-refractivity contribution >= 4 is 56.8 Å². The molecule has 0 saturated heterocycles. The van der Waals surface area contributed by atoms with E-state index >= 15 is 0 Å². The van der Waals surface area contributed by atoms with Gasteiger partial charge in [-0.15, -0.1) is 0 Å². The fraction of sp³-hybridized carbons (Fsp3) is 0.0833. The topological polar surface area (TPSA) is 71.3 Å². The van der Waals surface area contributed by atoms with E-state index in [1.54, 1.807) is 54.6 Å². The fourth-order valence-corrected chi connectivity index (χ4v) is 3.82. The molecule has 0 atom stereocenters. The number of carbonyl (C=O) groups excluding carboxylic acids is 1. The van der Waals surface area contributed by atoms with Crippen molar-refractivity contribution < 1.29 is 14.3 Å². The van der Waals surface area contributed by atoms with Crippen molar-refractivity contribution in [3.05, 3.63) is 91.9 Å². The van der Waals surface area contributed by atoms with Crippen molar-refractivity contribution in [1.29, 1.82) is 5.26 Å². The number of anilines is 1. The molecular formula is C24H17BrCl2N2O3. The Labute approximate surface area is 204 Å². The number of para-hydroxylation sites is 1. The normalized spacial score (nSPS) is 10.9. The number of hydrogen-bond donors (Lipinski definition) is 1. The summed E-state index contributed by atoms with van der Waals surface area (Å²) in [5, 5.41) is 13.2. The number of hydrogen-bond acceptors (Lipinski definition) is 4. The van der Waals surface area contributed by atoms with Gasteiger partial charge in [0.15, 0.2) is 11.5 Å². The number of nitrogens with zero attached hydrogens (tertiary/aromatic N) is 1. The van der Waals surface area contributed by atoms with Crippen LogP contribution < -0.4 is 14.8 Å². The number of benzene rings is 3. The molecule has 5 nitrogen and oxygen atoms in total. The third kappa shape index (κ3) is 6.04. The largest absolute Gasteiger partial charge is 0.493 e. The molecule has 0 unspecified atom stereocenters. The summed E-state index contributed by atoms with van der Waals surface area (Å²) in [6, 6.07) is 19.4. The highest BCUT2D eigenvalue weighted by atomic mass is 79.9. The van der Waals surface area contributed by atoms with E-state index in [-0.39, 0.29) is 12.2 Å². The third-order valence-electron chi connectivity index (χ3n) is 4.35. The van der Waals surface area contributed by atoms with Crippen molar-refractivity contribution in [2.75, 3.05) is 12.4 Å². The number of methoxy groups -OCH3 is 1. The summed E-state index contributed by atoms with van der Waals surface area (Å²) in [6.07, 6.45) is 1.48. The average molecular weight is 532 g/mol. The first-order valence-corrected chi connectivity index (χ1v) is 10.9. The first-order valence-electron chi connectivity index (χ1n) is 9.33. The minimum absolute atomic E-state index is 0.0515. The van der Waals surface area contributed by atoms with Gasteiger partial charge in [0.2, 0.25) is 0 Å². The lowest BCUT2D eigenvalue weighted by molar-refractivity contribution is -0.112. The number of halogens is 3. The van der Waals surface area contributed by atoms with E-state index in [4.69, 9.17) is 32.7 Å². The Balaban J connectivity index is 1.82. The van der Waals surface area contributed by atoms with Crippen LogP contribution in [0.15, 0.2) is 70.7 Å². The molecule has 1 amide bonds. The maximum atomic E-state index is 12.5. The zero-order valence-corrected chi connectivity index (χ0v) is 20.0. The van der Waals surface area contributed by atoms with E-state index in [0.717, 1.165) is 5.56 Å². The van der Waals surface area contributed by atoms with Crippen LogP contribution >= 0.6 is 39.1 Å². The highest BCUT2D eigenvalue weighted by molar-refractivity contribution is 9.10. The second-order valence-electron chi connectivity index (χ2n) is 6.55. The predicted molar refractivity (Wildman–Crippen MR) is 130 cm³/mol. The molecule has 3 aromatic carbocycles. The van der Waals surface area contributed by atoms with Gasteiger partial charge in [0, 0.05) is 21.3 Å². The lowest BCUT2D eigenvalue weighted by Gasteiger charge is -2.14. The molecule has 0 aliphatic rings. The summed E-state index contributed by atoms with van der Waals surface area (Å²) in [6.45, 7) is 0.197. The van der Waals surface area contributed by atoms with E-state index < -0.39 is 5.91 Å². The number of nitrogens with one attached hydrogen (secondary N) is 1.